The number of benzene rings is 3. The first kappa shape index (κ1) is 19.1. The van der Waals surface area contributed by atoms with E-state index < -0.39 is 10.0 Å². The first-order chi connectivity index (χ1) is 13.5. The Morgan fingerprint density at radius 3 is 2.43 bits per heavy atom. The smallest absolute Gasteiger partial charge is 0.261 e. The topological polar surface area (TPSA) is 99.1 Å². The Labute approximate surface area is 163 Å². The number of anilines is 1. The maximum Gasteiger partial charge on any atom is 0.261 e. The van der Waals surface area contributed by atoms with E-state index in [1.165, 1.54) is 18.2 Å². The molecule has 2 N–H and O–H groups in total. The quantitative estimate of drug-likeness (QED) is 0.673. The Morgan fingerprint density at radius 2 is 1.68 bits per heavy atom. The molecule has 3 aromatic carbocycles. The zero-order valence-corrected chi connectivity index (χ0v) is 15.6. The first-order valence-corrected chi connectivity index (χ1v) is 9.91. The first-order valence-electron chi connectivity index (χ1n) is 8.43. The average Bonchev–Trinajstić information content (AvgIpc) is 2.72. The van der Waals surface area contributed by atoms with Crippen molar-refractivity contribution in [3.63, 3.8) is 0 Å². The summed E-state index contributed by atoms with van der Waals surface area (Å²) >= 11 is 0. The fourth-order valence-electron chi connectivity index (χ4n) is 2.57. The molecule has 140 valence electrons. The molecule has 0 saturated carbocycles. The maximum absolute atomic E-state index is 12.4. The van der Waals surface area contributed by atoms with E-state index in [-0.39, 0.29) is 17.3 Å². The molecule has 0 spiro atoms. The van der Waals surface area contributed by atoms with E-state index in [0.29, 0.717) is 16.8 Å². The number of sulfonamides is 1. The molecular formula is C21H17N3O3S. The van der Waals surface area contributed by atoms with E-state index >= 15 is 0 Å². The summed E-state index contributed by atoms with van der Waals surface area (Å²) in [5.41, 5.74) is 1.94. The Kier molecular flexibility index (Phi) is 5.72. The zero-order chi connectivity index (χ0) is 20.0. The number of nitrogens with zero attached hydrogens (tertiary/aromatic N) is 1. The van der Waals surface area contributed by atoms with Gasteiger partial charge < -0.3 is 5.32 Å². The molecule has 7 heteroatoms. The van der Waals surface area contributed by atoms with Crippen molar-refractivity contribution >= 4 is 21.6 Å². The molecule has 0 radical (unpaired) electrons. The van der Waals surface area contributed by atoms with Crippen molar-refractivity contribution in [3.8, 4) is 6.07 Å². The van der Waals surface area contributed by atoms with Crippen LogP contribution in [0.1, 0.15) is 21.5 Å². The van der Waals surface area contributed by atoms with Gasteiger partial charge >= 0.3 is 0 Å². The van der Waals surface area contributed by atoms with Crippen molar-refractivity contribution in [2.45, 2.75) is 11.4 Å². The summed E-state index contributed by atoms with van der Waals surface area (Å²) in [6.45, 7) is 0.258. The predicted octanol–water partition coefficient (Wildman–Crippen LogP) is 3.29. The largest absolute Gasteiger partial charge is 0.348 e. The van der Waals surface area contributed by atoms with Gasteiger partial charge in [-0.05, 0) is 48.0 Å². The van der Waals surface area contributed by atoms with Gasteiger partial charge in [0.25, 0.3) is 15.9 Å². The second-order valence-electron chi connectivity index (χ2n) is 5.99. The van der Waals surface area contributed by atoms with Gasteiger partial charge in [0, 0.05) is 17.8 Å². The van der Waals surface area contributed by atoms with Crippen molar-refractivity contribution in [2.75, 3.05) is 4.72 Å². The lowest BCUT2D eigenvalue weighted by atomic mass is 10.1. The number of hydrogen-bond donors (Lipinski definition) is 2. The van der Waals surface area contributed by atoms with Crippen molar-refractivity contribution in [2.24, 2.45) is 0 Å². The van der Waals surface area contributed by atoms with Crippen LogP contribution < -0.4 is 10.0 Å². The summed E-state index contributed by atoms with van der Waals surface area (Å²) in [5, 5.41) is 11.7. The fraction of sp³-hybridized carbons (Fsp3) is 0.0476. The van der Waals surface area contributed by atoms with E-state index in [9.17, 15) is 13.2 Å². The minimum Gasteiger partial charge on any atom is -0.348 e. The molecule has 6 nitrogen and oxygen atoms in total. The van der Waals surface area contributed by atoms with Gasteiger partial charge in [0.05, 0.1) is 16.5 Å². The van der Waals surface area contributed by atoms with E-state index in [0.717, 1.165) is 5.56 Å². The lowest BCUT2D eigenvalue weighted by Crippen LogP contribution is -2.23. The molecule has 0 aromatic heterocycles. The van der Waals surface area contributed by atoms with E-state index in [2.05, 4.69) is 16.1 Å². The van der Waals surface area contributed by atoms with Crippen LogP contribution in [0.4, 0.5) is 5.69 Å². The van der Waals surface area contributed by atoms with Crippen LogP contribution in [0.25, 0.3) is 0 Å². The van der Waals surface area contributed by atoms with Gasteiger partial charge in [-0.3, -0.25) is 9.52 Å². The van der Waals surface area contributed by atoms with Crippen molar-refractivity contribution < 1.29 is 13.2 Å². The van der Waals surface area contributed by atoms with Crippen molar-refractivity contribution in [3.05, 3.63) is 95.6 Å². The van der Waals surface area contributed by atoms with Crippen LogP contribution in [0, 0.1) is 11.3 Å². The van der Waals surface area contributed by atoms with E-state index in [4.69, 9.17) is 5.26 Å². The predicted molar refractivity (Wildman–Crippen MR) is 106 cm³/mol. The molecule has 0 saturated heterocycles. The third-order valence-electron chi connectivity index (χ3n) is 3.94. The molecule has 1 amide bonds. The Hall–Kier alpha value is -3.63. The second-order valence-corrected chi connectivity index (χ2v) is 7.68. The summed E-state index contributed by atoms with van der Waals surface area (Å²) in [5.74, 6) is -0.344. The Balaban J connectivity index is 1.70. The lowest BCUT2D eigenvalue weighted by molar-refractivity contribution is 0.0951. The minimum absolute atomic E-state index is 0.141. The summed E-state index contributed by atoms with van der Waals surface area (Å²) in [6, 6.07) is 23.3. The number of nitrogens with one attached hydrogen (secondary N) is 2. The minimum atomic E-state index is -3.73. The molecular weight excluding hydrogens is 374 g/mol. The molecule has 0 aliphatic heterocycles. The number of carbonyl (C=O) groups excluding carboxylic acids is 1. The SMILES string of the molecule is N#Cc1cccc(CNC(=O)c2cccc(NS(=O)(=O)c3ccccc3)c2)c1. The normalized spacial score (nSPS) is 10.7. The van der Waals surface area contributed by atoms with Crippen molar-refractivity contribution in [1.82, 2.24) is 5.32 Å². The highest BCUT2D eigenvalue weighted by Gasteiger charge is 2.14. The van der Waals surface area contributed by atoms with Crippen LogP contribution >= 0.6 is 0 Å². The van der Waals surface area contributed by atoms with Crippen LogP contribution in [0.2, 0.25) is 0 Å². The Bertz CT molecular complexity index is 1140. The van der Waals surface area contributed by atoms with Gasteiger partial charge in [-0.25, -0.2) is 8.42 Å². The lowest BCUT2D eigenvalue weighted by Gasteiger charge is -2.10. The molecule has 0 unspecified atom stereocenters. The van der Waals surface area contributed by atoms with Gasteiger partial charge in [0.1, 0.15) is 0 Å². The Morgan fingerprint density at radius 1 is 0.929 bits per heavy atom. The van der Waals surface area contributed by atoms with Gasteiger partial charge in [0.15, 0.2) is 0 Å². The molecule has 0 fully saturated rings. The van der Waals surface area contributed by atoms with Crippen LogP contribution in [0.3, 0.4) is 0 Å². The standard InChI is InChI=1S/C21H17N3O3S/c22-14-16-6-4-7-17(12-16)15-23-21(25)18-8-5-9-19(13-18)24-28(26,27)20-10-2-1-3-11-20/h1-13,24H,15H2,(H,23,25). The van der Waals surface area contributed by atoms with Gasteiger partial charge in [0.2, 0.25) is 0 Å². The van der Waals surface area contributed by atoms with Crippen LogP contribution in [0.15, 0.2) is 83.8 Å². The van der Waals surface area contributed by atoms with Crippen molar-refractivity contribution in [1.29, 1.82) is 5.26 Å². The molecule has 28 heavy (non-hydrogen) atoms. The molecule has 3 rings (SSSR count). The highest BCUT2D eigenvalue weighted by molar-refractivity contribution is 7.92. The monoisotopic (exact) mass is 391 g/mol. The third kappa shape index (κ3) is 4.75. The maximum atomic E-state index is 12.4. The van der Waals surface area contributed by atoms with E-state index in [1.807, 2.05) is 6.07 Å². The molecule has 0 bridgehead atoms. The number of amides is 1. The van der Waals surface area contributed by atoms with Crippen LogP contribution in [0.5, 0.6) is 0 Å². The molecule has 3 aromatic rings. The fourth-order valence-corrected chi connectivity index (χ4v) is 3.64. The molecule has 0 aliphatic rings. The molecule has 0 heterocycles. The zero-order valence-electron chi connectivity index (χ0n) is 14.8. The van der Waals surface area contributed by atoms with Crippen LogP contribution in [-0.2, 0) is 16.6 Å². The number of hydrogen-bond acceptors (Lipinski definition) is 4. The number of nitriles is 1. The highest BCUT2D eigenvalue weighted by Crippen LogP contribution is 2.17. The summed E-state index contributed by atoms with van der Waals surface area (Å²) in [4.78, 5) is 12.5. The van der Waals surface area contributed by atoms with Gasteiger partial charge in [-0.1, -0.05) is 36.4 Å². The second kappa shape index (κ2) is 8.37. The van der Waals surface area contributed by atoms with E-state index in [1.54, 1.807) is 54.6 Å². The molecule has 0 atom stereocenters. The van der Waals surface area contributed by atoms with Gasteiger partial charge in [-0.15, -0.1) is 0 Å². The van der Waals surface area contributed by atoms with Gasteiger partial charge in [-0.2, -0.15) is 5.26 Å². The summed E-state index contributed by atoms with van der Waals surface area (Å²) in [6.07, 6.45) is 0. The highest BCUT2D eigenvalue weighted by atomic mass is 32.2. The summed E-state index contributed by atoms with van der Waals surface area (Å²) < 4.78 is 27.3. The average molecular weight is 391 g/mol. The number of carbonyl (C=O) groups is 1. The molecule has 0 aliphatic carbocycles. The summed E-state index contributed by atoms with van der Waals surface area (Å²) in [7, 11) is -3.73. The number of rotatable bonds is 6. The third-order valence-corrected chi connectivity index (χ3v) is 5.34. The van der Waals surface area contributed by atoms with Crippen LogP contribution in [-0.4, -0.2) is 14.3 Å².